The smallest absolute Gasteiger partial charge is 0.264 e. The van der Waals surface area contributed by atoms with Gasteiger partial charge >= 0.3 is 0 Å². The minimum atomic E-state index is -4.24. The molecule has 40 heavy (non-hydrogen) atoms. The maximum absolute atomic E-state index is 13.9. The molecule has 2 amide bonds. The van der Waals surface area contributed by atoms with Gasteiger partial charge in [0.1, 0.15) is 12.6 Å². The minimum absolute atomic E-state index is 0.0175. The van der Waals surface area contributed by atoms with E-state index < -0.39 is 28.5 Å². The molecule has 0 bridgehead atoms. The van der Waals surface area contributed by atoms with Crippen LogP contribution in [0.4, 0.5) is 5.69 Å². The summed E-state index contributed by atoms with van der Waals surface area (Å²) in [5, 5.41) is 4.11. The highest BCUT2D eigenvalue weighted by Crippen LogP contribution is 2.28. The molecule has 214 valence electrons. The summed E-state index contributed by atoms with van der Waals surface area (Å²) < 4.78 is 28.5. The van der Waals surface area contributed by atoms with Crippen molar-refractivity contribution in [3.05, 3.63) is 92.4 Å². The average Bonchev–Trinajstić information content (AvgIpc) is 2.90. The van der Waals surface area contributed by atoms with Gasteiger partial charge in [-0.3, -0.25) is 13.9 Å². The van der Waals surface area contributed by atoms with Crippen molar-refractivity contribution in [2.24, 2.45) is 5.92 Å². The van der Waals surface area contributed by atoms with E-state index in [1.54, 1.807) is 37.3 Å². The Hall–Kier alpha value is -2.49. The van der Waals surface area contributed by atoms with Crippen molar-refractivity contribution >= 4 is 73.9 Å². The third-order valence-electron chi connectivity index (χ3n) is 5.97. The van der Waals surface area contributed by atoms with E-state index in [9.17, 15) is 18.0 Å². The first-order chi connectivity index (χ1) is 18.8. The second-order valence-corrected chi connectivity index (χ2v) is 13.1. The number of carbonyl (C=O) groups excluding carboxylic acids is 2. The van der Waals surface area contributed by atoms with Gasteiger partial charge in [0.15, 0.2) is 0 Å². The zero-order valence-electron chi connectivity index (χ0n) is 22.1. The fourth-order valence-electron chi connectivity index (χ4n) is 3.76. The molecule has 0 unspecified atom stereocenters. The molecule has 0 fully saturated rings. The molecule has 3 aromatic rings. The molecule has 1 N–H and O–H groups in total. The molecule has 0 aliphatic carbocycles. The Morgan fingerprint density at radius 1 is 0.850 bits per heavy atom. The predicted octanol–water partition coefficient (Wildman–Crippen LogP) is 6.69. The number of nitrogens with zero attached hydrogens (tertiary/aromatic N) is 2. The van der Waals surface area contributed by atoms with Crippen LogP contribution in [-0.2, 0) is 26.2 Å². The van der Waals surface area contributed by atoms with Crippen molar-refractivity contribution in [1.82, 2.24) is 10.2 Å². The number of carbonyl (C=O) groups is 2. The van der Waals surface area contributed by atoms with Gasteiger partial charge in [0, 0.05) is 23.1 Å². The van der Waals surface area contributed by atoms with Crippen LogP contribution in [0, 0.1) is 5.92 Å². The van der Waals surface area contributed by atoms with Gasteiger partial charge in [-0.25, -0.2) is 8.42 Å². The van der Waals surface area contributed by atoms with Crippen molar-refractivity contribution in [2.45, 2.75) is 38.3 Å². The lowest BCUT2D eigenvalue weighted by Gasteiger charge is -2.32. The quantitative estimate of drug-likeness (QED) is 0.252. The van der Waals surface area contributed by atoms with Crippen LogP contribution in [0.2, 0.25) is 20.1 Å². The van der Waals surface area contributed by atoms with Crippen LogP contribution in [-0.4, -0.2) is 44.3 Å². The standard InChI is InChI=1S/C28H29Cl4N3O4S/c1-18(2)15-33-28(37)19(3)34(16-20-7-12-25(31)26(32)13-20)27(36)17-35(23-6-4-5-22(30)14-23)40(38,39)24-10-8-21(29)9-11-24/h4-14,18-19H,15-17H2,1-3H3,(H,33,37)/t19-/m0/s1. The first-order valence-electron chi connectivity index (χ1n) is 12.3. The van der Waals surface area contributed by atoms with Crippen molar-refractivity contribution in [3.63, 3.8) is 0 Å². The van der Waals surface area contributed by atoms with Crippen LogP contribution >= 0.6 is 46.4 Å². The third kappa shape index (κ3) is 8.27. The molecule has 7 nitrogen and oxygen atoms in total. The highest BCUT2D eigenvalue weighted by atomic mass is 35.5. The van der Waals surface area contributed by atoms with Crippen molar-refractivity contribution in [1.29, 1.82) is 0 Å². The second kappa shape index (κ2) is 13.9. The fraction of sp³-hybridized carbons (Fsp3) is 0.286. The molecule has 0 aliphatic heterocycles. The zero-order chi connectivity index (χ0) is 29.6. The van der Waals surface area contributed by atoms with Crippen LogP contribution in [0.15, 0.2) is 71.6 Å². The van der Waals surface area contributed by atoms with Gasteiger partial charge in [-0.05, 0) is 73.0 Å². The zero-order valence-corrected chi connectivity index (χ0v) is 25.9. The summed E-state index contributed by atoms with van der Waals surface area (Å²) in [6.07, 6.45) is 0. The van der Waals surface area contributed by atoms with Crippen LogP contribution in [0.5, 0.6) is 0 Å². The normalized spacial score (nSPS) is 12.2. The lowest BCUT2D eigenvalue weighted by Crippen LogP contribution is -2.51. The molecule has 0 saturated heterocycles. The molecule has 0 aliphatic rings. The number of hydrogen-bond donors (Lipinski definition) is 1. The van der Waals surface area contributed by atoms with E-state index in [0.29, 0.717) is 22.2 Å². The van der Waals surface area contributed by atoms with Gasteiger partial charge < -0.3 is 10.2 Å². The van der Waals surface area contributed by atoms with Crippen molar-refractivity contribution < 1.29 is 18.0 Å². The Kier molecular flexibility index (Phi) is 11.1. The molecular weight excluding hydrogens is 616 g/mol. The summed E-state index contributed by atoms with van der Waals surface area (Å²) in [5.41, 5.74) is 0.795. The summed E-state index contributed by atoms with van der Waals surface area (Å²) in [6.45, 7) is 5.28. The summed E-state index contributed by atoms with van der Waals surface area (Å²) in [4.78, 5) is 28.2. The highest BCUT2D eigenvalue weighted by Gasteiger charge is 2.32. The Morgan fingerprint density at radius 3 is 2.12 bits per heavy atom. The summed E-state index contributed by atoms with van der Waals surface area (Å²) in [7, 11) is -4.24. The van der Waals surface area contributed by atoms with E-state index in [1.807, 2.05) is 13.8 Å². The lowest BCUT2D eigenvalue weighted by molar-refractivity contribution is -0.139. The van der Waals surface area contributed by atoms with Gasteiger partial charge in [-0.15, -0.1) is 0 Å². The van der Waals surface area contributed by atoms with Crippen LogP contribution in [0.3, 0.4) is 0 Å². The molecule has 3 aromatic carbocycles. The Labute approximate surface area is 255 Å². The molecule has 0 spiro atoms. The maximum atomic E-state index is 13.9. The van der Waals surface area contributed by atoms with Gasteiger partial charge in [0.2, 0.25) is 11.8 Å². The van der Waals surface area contributed by atoms with E-state index in [2.05, 4.69) is 5.32 Å². The average molecular weight is 645 g/mol. The molecule has 0 saturated carbocycles. The molecule has 0 heterocycles. The molecular formula is C28H29Cl4N3O4S. The molecule has 0 radical (unpaired) electrons. The molecule has 1 atom stereocenters. The Bertz CT molecular complexity index is 1470. The number of benzene rings is 3. The fourth-order valence-corrected chi connectivity index (χ4v) is 5.80. The van der Waals surface area contributed by atoms with Gasteiger partial charge in [-0.1, -0.05) is 72.4 Å². The second-order valence-electron chi connectivity index (χ2n) is 9.53. The number of halogens is 4. The molecule has 12 heteroatoms. The van der Waals surface area contributed by atoms with E-state index in [1.165, 1.54) is 41.3 Å². The van der Waals surface area contributed by atoms with E-state index >= 15 is 0 Å². The van der Waals surface area contributed by atoms with Gasteiger partial charge in [0.25, 0.3) is 10.0 Å². The maximum Gasteiger partial charge on any atom is 0.264 e. The lowest BCUT2D eigenvalue weighted by atomic mass is 10.1. The molecule has 0 aromatic heterocycles. The number of hydrogen-bond acceptors (Lipinski definition) is 4. The van der Waals surface area contributed by atoms with E-state index in [4.69, 9.17) is 46.4 Å². The first-order valence-corrected chi connectivity index (χ1v) is 15.3. The number of sulfonamides is 1. The van der Waals surface area contributed by atoms with Crippen LogP contribution < -0.4 is 9.62 Å². The van der Waals surface area contributed by atoms with E-state index in [-0.39, 0.29) is 39.0 Å². The summed E-state index contributed by atoms with van der Waals surface area (Å²) >= 11 is 24.4. The minimum Gasteiger partial charge on any atom is -0.354 e. The SMILES string of the molecule is CC(C)CNC(=O)[C@H](C)N(Cc1ccc(Cl)c(Cl)c1)C(=O)CN(c1cccc(Cl)c1)S(=O)(=O)c1ccc(Cl)cc1. The number of amides is 2. The van der Waals surface area contributed by atoms with Crippen LogP contribution in [0.1, 0.15) is 26.3 Å². The van der Waals surface area contributed by atoms with Crippen molar-refractivity contribution in [2.75, 3.05) is 17.4 Å². The summed E-state index contributed by atoms with van der Waals surface area (Å²) in [5.74, 6) is -0.800. The number of rotatable bonds is 11. The van der Waals surface area contributed by atoms with Crippen molar-refractivity contribution in [3.8, 4) is 0 Å². The monoisotopic (exact) mass is 643 g/mol. The highest BCUT2D eigenvalue weighted by molar-refractivity contribution is 7.92. The van der Waals surface area contributed by atoms with Gasteiger partial charge in [0.05, 0.1) is 20.6 Å². The summed E-state index contributed by atoms with van der Waals surface area (Å²) in [6, 6.07) is 15.7. The number of nitrogens with one attached hydrogen (secondary N) is 1. The third-order valence-corrected chi connectivity index (χ3v) is 8.98. The van der Waals surface area contributed by atoms with Gasteiger partial charge in [-0.2, -0.15) is 0 Å². The Morgan fingerprint density at radius 2 is 1.52 bits per heavy atom. The van der Waals surface area contributed by atoms with Crippen LogP contribution in [0.25, 0.3) is 0 Å². The first kappa shape index (κ1) is 32.0. The topological polar surface area (TPSA) is 86.8 Å². The number of anilines is 1. The predicted molar refractivity (Wildman–Crippen MR) is 162 cm³/mol. The Balaban J connectivity index is 2.03. The molecule has 3 rings (SSSR count). The van der Waals surface area contributed by atoms with E-state index in [0.717, 1.165) is 4.31 Å². The largest absolute Gasteiger partial charge is 0.354 e.